The summed E-state index contributed by atoms with van der Waals surface area (Å²) in [6.45, 7) is 3.27. The molecule has 1 heterocycles. The fraction of sp³-hybridized carbons (Fsp3) is 0.714. The van der Waals surface area contributed by atoms with Gasteiger partial charge in [0.15, 0.2) is 0 Å². The highest BCUT2D eigenvalue weighted by atomic mass is 35.5. The van der Waals surface area contributed by atoms with E-state index < -0.39 is 0 Å². The second-order valence-corrected chi connectivity index (χ2v) is 6.82. The Labute approximate surface area is 114 Å². The normalized spacial score (nSPS) is 25.4. The maximum absolute atomic E-state index is 6.44. The summed E-state index contributed by atoms with van der Waals surface area (Å²) in [7, 11) is 2.22. The zero-order valence-electron chi connectivity index (χ0n) is 10.8. The Morgan fingerprint density at radius 1 is 1.29 bits per heavy atom. The molecule has 17 heavy (non-hydrogen) atoms. The molecule has 1 aromatic rings. The Bertz CT molecular complexity index is 350. The molecule has 0 bridgehead atoms. The number of thiophene rings is 1. The molecule has 0 saturated heterocycles. The molecule has 3 heteroatoms. The molecule has 0 spiro atoms. The first-order chi connectivity index (χ1) is 8.20. The van der Waals surface area contributed by atoms with Gasteiger partial charge in [-0.25, -0.2) is 0 Å². The maximum Gasteiger partial charge on any atom is 0.0491 e. The Morgan fingerprint density at radius 3 is 2.65 bits per heavy atom. The van der Waals surface area contributed by atoms with Crippen molar-refractivity contribution < 1.29 is 0 Å². The van der Waals surface area contributed by atoms with Gasteiger partial charge in [-0.3, -0.25) is 4.90 Å². The quantitative estimate of drug-likeness (QED) is 0.739. The molecule has 1 aromatic heterocycles. The zero-order chi connectivity index (χ0) is 12.3. The molecular weight excluding hydrogens is 250 g/mol. The molecule has 1 aliphatic rings. The first-order valence-corrected chi connectivity index (χ1v) is 7.88. The van der Waals surface area contributed by atoms with Crippen molar-refractivity contribution in [3.8, 4) is 0 Å². The zero-order valence-corrected chi connectivity index (χ0v) is 12.4. The molecule has 1 nitrogen and oxygen atoms in total. The SMILES string of the molecule is CCc1ccc(CN(C)C2CCCCC2Cl)s1. The van der Waals surface area contributed by atoms with Crippen molar-refractivity contribution in [2.45, 2.75) is 57.0 Å². The van der Waals surface area contributed by atoms with Gasteiger partial charge in [0.2, 0.25) is 0 Å². The van der Waals surface area contributed by atoms with Crippen molar-refractivity contribution in [2.75, 3.05) is 7.05 Å². The third-order valence-electron chi connectivity index (χ3n) is 3.68. The number of aryl methyl sites for hydroxylation is 1. The van der Waals surface area contributed by atoms with Gasteiger partial charge in [-0.05, 0) is 38.4 Å². The van der Waals surface area contributed by atoms with Gasteiger partial charge in [-0.2, -0.15) is 0 Å². The first kappa shape index (κ1) is 13.4. The van der Waals surface area contributed by atoms with Crippen molar-refractivity contribution in [1.29, 1.82) is 0 Å². The highest BCUT2D eigenvalue weighted by Crippen LogP contribution is 2.28. The van der Waals surface area contributed by atoms with E-state index in [1.165, 1.54) is 35.4 Å². The lowest BCUT2D eigenvalue weighted by atomic mass is 9.94. The number of nitrogens with zero attached hydrogens (tertiary/aromatic N) is 1. The minimum atomic E-state index is 0.347. The van der Waals surface area contributed by atoms with E-state index in [0.29, 0.717) is 11.4 Å². The van der Waals surface area contributed by atoms with Gasteiger partial charge >= 0.3 is 0 Å². The van der Waals surface area contributed by atoms with E-state index in [1.54, 1.807) is 0 Å². The van der Waals surface area contributed by atoms with Crippen molar-refractivity contribution in [1.82, 2.24) is 4.90 Å². The lowest BCUT2D eigenvalue weighted by molar-refractivity contribution is 0.190. The highest BCUT2D eigenvalue weighted by molar-refractivity contribution is 7.11. The second kappa shape index (κ2) is 6.21. The van der Waals surface area contributed by atoms with Gasteiger partial charge in [-0.15, -0.1) is 22.9 Å². The molecule has 1 aliphatic carbocycles. The number of rotatable bonds is 4. The molecule has 1 fully saturated rings. The number of hydrogen-bond acceptors (Lipinski definition) is 2. The van der Waals surface area contributed by atoms with Crippen LogP contribution < -0.4 is 0 Å². The van der Waals surface area contributed by atoms with Crippen molar-refractivity contribution in [2.24, 2.45) is 0 Å². The third-order valence-corrected chi connectivity index (χ3v) is 5.41. The molecule has 2 rings (SSSR count). The smallest absolute Gasteiger partial charge is 0.0491 e. The van der Waals surface area contributed by atoms with Crippen LogP contribution >= 0.6 is 22.9 Å². The van der Waals surface area contributed by atoms with Gasteiger partial charge in [0.05, 0.1) is 0 Å². The van der Waals surface area contributed by atoms with Crippen LogP contribution in [0.15, 0.2) is 12.1 Å². The van der Waals surface area contributed by atoms with Gasteiger partial charge in [-0.1, -0.05) is 19.8 Å². The van der Waals surface area contributed by atoms with Crippen LogP contribution in [0.2, 0.25) is 0 Å². The lowest BCUT2D eigenvalue weighted by Crippen LogP contribution is -2.40. The lowest BCUT2D eigenvalue weighted by Gasteiger charge is -2.34. The maximum atomic E-state index is 6.44. The molecule has 2 atom stereocenters. The Balaban J connectivity index is 1.93. The average Bonchev–Trinajstić information content (AvgIpc) is 2.77. The van der Waals surface area contributed by atoms with Crippen molar-refractivity contribution in [3.63, 3.8) is 0 Å². The van der Waals surface area contributed by atoms with Crippen LogP contribution in [0.25, 0.3) is 0 Å². The predicted octanol–water partition coefficient (Wildman–Crippen LogP) is 4.29. The molecule has 0 aliphatic heterocycles. The minimum Gasteiger partial charge on any atom is -0.297 e. The topological polar surface area (TPSA) is 3.24 Å². The van der Waals surface area contributed by atoms with Crippen LogP contribution in [0.1, 0.15) is 42.4 Å². The van der Waals surface area contributed by atoms with Crippen LogP contribution in [0.3, 0.4) is 0 Å². The Morgan fingerprint density at radius 2 is 2.00 bits per heavy atom. The van der Waals surface area contributed by atoms with E-state index in [-0.39, 0.29) is 0 Å². The molecule has 0 radical (unpaired) electrons. The number of hydrogen-bond donors (Lipinski definition) is 0. The van der Waals surface area contributed by atoms with Crippen molar-refractivity contribution in [3.05, 3.63) is 21.9 Å². The molecule has 96 valence electrons. The van der Waals surface area contributed by atoms with E-state index in [4.69, 9.17) is 11.6 Å². The Kier molecular flexibility index (Phi) is 4.89. The van der Waals surface area contributed by atoms with Crippen molar-refractivity contribution >= 4 is 22.9 Å². The second-order valence-electron chi connectivity index (χ2n) is 5.00. The summed E-state index contributed by atoms with van der Waals surface area (Å²) in [6.07, 6.45) is 6.23. The van der Waals surface area contributed by atoms with Gasteiger partial charge in [0.1, 0.15) is 0 Å². The van der Waals surface area contributed by atoms with Crippen LogP contribution in [-0.4, -0.2) is 23.4 Å². The highest BCUT2D eigenvalue weighted by Gasteiger charge is 2.26. The van der Waals surface area contributed by atoms with Crippen LogP contribution in [-0.2, 0) is 13.0 Å². The fourth-order valence-corrected chi connectivity index (χ4v) is 4.12. The van der Waals surface area contributed by atoms with Crippen LogP contribution in [0.5, 0.6) is 0 Å². The van der Waals surface area contributed by atoms with Crippen LogP contribution in [0.4, 0.5) is 0 Å². The molecule has 2 unspecified atom stereocenters. The molecule has 0 N–H and O–H groups in total. The molecule has 0 amide bonds. The van der Waals surface area contributed by atoms with E-state index in [0.717, 1.165) is 13.0 Å². The van der Waals surface area contributed by atoms with E-state index in [2.05, 4.69) is 31.0 Å². The standard InChI is InChI=1S/C14H22ClNS/c1-3-11-8-9-12(17-11)10-16(2)14-7-5-4-6-13(14)15/h8-9,13-14H,3-7,10H2,1-2H3. The van der Waals surface area contributed by atoms with Gasteiger partial charge in [0.25, 0.3) is 0 Å². The first-order valence-electron chi connectivity index (χ1n) is 6.62. The summed E-state index contributed by atoms with van der Waals surface area (Å²) in [4.78, 5) is 5.40. The summed E-state index contributed by atoms with van der Waals surface area (Å²) in [6, 6.07) is 5.09. The summed E-state index contributed by atoms with van der Waals surface area (Å²) >= 11 is 8.38. The predicted molar refractivity (Wildman–Crippen MR) is 77.1 cm³/mol. The molecule has 0 aromatic carbocycles. The summed E-state index contributed by atoms with van der Waals surface area (Å²) in [5, 5.41) is 0.347. The van der Waals surface area contributed by atoms with E-state index in [1.807, 2.05) is 11.3 Å². The number of alkyl halides is 1. The summed E-state index contributed by atoms with van der Waals surface area (Å²) < 4.78 is 0. The average molecular weight is 272 g/mol. The fourth-order valence-electron chi connectivity index (χ4n) is 2.62. The minimum absolute atomic E-state index is 0.347. The summed E-state index contributed by atoms with van der Waals surface area (Å²) in [5.41, 5.74) is 0. The van der Waals surface area contributed by atoms with E-state index in [9.17, 15) is 0 Å². The monoisotopic (exact) mass is 271 g/mol. The summed E-state index contributed by atoms with van der Waals surface area (Å²) in [5.74, 6) is 0. The van der Waals surface area contributed by atoms with Crippen LogP contribution in [0, 0.1) is 0 Å². The van der Waals surface area contributed by atoms with E-state index >= 15 is 0 Å². The molecule has 1 saturated carbocycles. The van der Waals surface area contributed by atoms with Gasteiger partial charge < -0.3 is 0 Å². The largest absolute Gasteiger partial charge is 0.297 e. The third kappa shape index (κ3) is 3.46. The molecular formula is C14H22ClNS. The Hall–Kier alpha value is -0.0500. The van der Waals surface area contributed by atoms with Gasteiger partial charge in [0, 0.05) is 27.7 Å². The number of halogens is 1.